The maximum absolute atomic E-state index is 12.3. The molecule has 10 nitrogen and oxygen atoms in total. The van der Waals surface area contributed by atoms with Crippen LogP contribution in [0.3, 0.4) is 0 Å². The zero-order chi connectivity index (χ0) is 20.8. The standard InChI is InChI=1S/C19H25N7O3/c1-11-13(8-22-24-11)15-23-14-16(25(15)5)20-10-21-17(14)28-12-6-7-26(9-12)18(27)29-19(2,3)4/h8,10,12H,6-7,9H2,1-5H3,(H,22,24)/t12-/m0/s1. The molecule has 4 heterocycles. The number of amides is 1. The van der Waals surface area contributed by atoms with Gasteiger partial charge >= 0.3 is 6.09 Å². The monoisotopic (exact) mass is 399 g/mol. The first-order chi connectivity index (χ1) is 13.7. The summed E-state index contributed by atoms with van der Waals surface area (Å²) in [5, 5.41) is 6.99. The molecular formula is C19H25N7O3. The molecule has 0 bridgehead atoms. The fourth-order valence-corrected chi connectivity index (χ4v) is 3.36. The van der Waals surface area contributed by atoms with E-state index < -0.39 is 5.60 Å². The Morgan fingerprint density at radius 2 is 2.10 bits per heavy atom. The van der Waals surface area contributed by atoms with Gasteiger partial charge in [0.1, 0.15) is 23.9 Å². The quantitative estimate of drug-likeness (QED) is 0.720. The van der Waals surface area contributed by atoms with Crippen LogP contribution in [0.25, 0.3) is 22.6 Å². The van der Waals surface area contributed by atoms with E-state index in [-0.39, 0.29) is 12.2 Å². The van der Waals surface area contributed by atoms with Gasteiger partial charge in [0, 0.05) is 25.7 Å². The second-order valence-electron chi connectivity index (χ2n) is 8.21. The van der Waals surface area contributed by atoms with E-state index in [2.05, 4.69) is 20.2 Å². The Balaban J connectivity index is 1.55. The average molecular weight is 399 g/mol. The van der Waals surface area contributed by atoms with Crippen LogP contribution in [0.2, 0.25) is 0 Å². The highest BCUT2D eigenvalue weighted by Gasteiger charge is 2.32. The zero-order valence-electron chi connectivity index (χ0n) is 17.3. The lowest BCUT2D eigenvalue weighted by Gasteiger charge is -2.24. The van der Waals surface area contributed by atoms with Gasteiger partial charge in [0.15, 0.2) is 11.2 Å². The van der Waals surface area contributed by atoms with Crippen LogP contribution in [0, 0.1) is 6.92 Å². The molecule has 0 aliphatic carbocycles. The molecule has 4 rings (SSSR count). The Hall–Kier alpha value is -3.17. The van der Waals surface area contributed by atoms with E-state index >= 15 is 0 Å². The number of carbonyl (C=O) groups excluding carboxylic acids is 1. The summed E-state index contributed by atoms with van der Waals surface area (Å²) >= 11 is 0. The van der Waals surface area contributed by atoms with Crippen molar-refractivity contribution >= 4 is 17.3 Å². The fraction of sp³-hybridized carbons (Fsp3) is 0.526. The van der Waals surface area contributed by atoms with Crippen molar-refractivity contribution in [2.45, 2.75) is 45.8 Å². The van der Waals surface area contributed by atoms with Gasteiger partial charge in [-0.25, -0.2) is 14.8 Å². The number of nitrogens with zero attached hydrogens (tertiary/aromatic N) is 6. The Kier molecular flexibility index (Phi) is 4.64. The van der Waals surface area contributed by atoms with Crippen molar-refractivity contribution in [3.05, 3.63) is 18.2 Å². The fourth-order valence-electron chi connectivity index (χ4n) is 3.36. The number of hydrogen-bond acceptors (Lipinski definition) is 7. The third-order valence-electron chi connectivity index (χ3n) is 4.77. The lowest BCUT2D eigenvalue weighted by Crippen LogP contribution is -2.36. The Bertz CT molecular complexity index is 1050. The number of aromatic amines is 1. The summed E-state index contributed by atoms with van der Waals surface area (Å²) in [7, 11) is 1.90. The third-order valence-corrected chi connectivity index (χ3v) is 4.77. The third kappa shape index (κ3) is 3.74. The molecule has 0 radical (unpaired) electrons. The van der Waals surface area contributed by atoms with Crippen molar-refractivity contribution in [2.24, 2.45) is 7.05 Å². The van der Waals surface area contributed by atoms with Crippen LogP contribution in [0.4, 0.5) is 4.79 Å². The number of hydrogen-bond donors (Lipinski definition) is 1. The van der Waals surface area contributed by atoms with E-state index in [1.54, 1.807) is 11.1 Å². The van der Waals surface area contributed by atoms with Crippen LogP contribution in [-0.2, 0) is 11.8 Å². The van der Waals surface area contributed by atoms with Crippen LogP contribution in [0.5, 0.6) is 5.88 Å². The minimum atomic E-state index is -0.523. The number of imidazole rings is 1. The van der Waals surface area contributed by atoms with Crippen LogP contribution in [-0.4, -0.2) is 65.5 Å². The summed E-state index contributed by atoms with van der Waals surface area (Å²) < 4.78 is 13.5. The molecule has 3 aromatic rings. The van der Waals surface area contributed by atoms with E-state index in [9.17, 15) is 4.79 Å². The van der Waals surface area contributed by atoms with Gasteiger partial charge in [-0.3, -0.25) is 5.10 Å². The van der Waals surface area contributed by atoms with Gasteiger partial charge < -0.3 is 18.9 Å². The molecule has 1 fully saturated rings. The first-order valence-corrected chi connectivity index (χ1v) is 9.55. The van der Waals surface area contributed by atoms with Gasteiger partial charge in [-0.15, -0.1) is 0 Å². The molecule has 1 atom stereocenters. The van der Waals surface area contributed by atoms with Crippen molar-refractivity contribution in [2.75, 3.05) is 13.1 Å². The Labute approximate surface area is 168 Å². The zero-order valence-corrected chi connectivity index (χ0v) is 17.3. The van der Waals surface area contributed by atoms with Gasteiger partial charge in [-0.2, -0.15) is 10.1 Å². The minimum absolute atomic E-state index is 0.179. The number of ether oxygens (including phenoxy) is 2. The first-order valence-electron chi connectivity index (χ1n) is 9.55. The van der Waals surface area contributed by atoms with Crippen molar-refractivity contribution in [3.63, 3.8) is 0 Å². The number of likely N-dealkylation sites (tertiary alicyclic amines) is 1. The smallest absolute Gasteiger partial charge is 0.410 e. The summed E-state index contributed by atoms with van der Waals surface area (Å²) in [6.45, 7) is 8.53. The van der Waals surface area contributed by atoms with Gasteiger partial charge in [-0.05, 0) is 27.7 Å². The Morgan fingerprint density at radius 3 is 2.79 bits per heavy atom. The normalized spacial score (nSPS) is 17.1. The topological polar surface area (TPSA) is 111 Å². The van der Waals surface area contributed by atoms with Gasteiger partial charge in [-0.1, -0.05) is 0 Å². The van der Waals surface area contributed by atoms with Gasteiger partial charge in [0.2, 0.25) is 5.88 Å². The lowest BCUT2D eigenvalue weighted by atomic mass is 10.2. The molecule has 0 saturated carbocycles. The molecule has 1 aliphatic rings. The number of H-pyrrole nitrogens is 1. The molecule has 29 heavy (non-hydrogen) atoms. The highest BCUT2D eigenvalue weighted by atomic mass is 16.6. The molecule has 154 valence electrons. The van der Waals surface area contributed by atoms with Crippen molar-refractivity contribution < 1.29 is 14.3 Å². The van der Waals surface area contributed by atoms with Crippen molar-refractivity contribution in [1.29, 1.82) is 0 Å². The summed E-state index contributed by atoms with van der Waals surface area (Å²) in [4.78, 5) is 27.3. The molecule has 1 aliphatic heterocycles. The molecule has 0 aromatic carbocycles. The van der Waals surface area contributed by atoms with Gasteiger partial charge in [0.05, 0.1) is 18.3 Å². The molecule has 1 amide bonds. The number of rotatable bonds is 3. The summed E-state index contributed by atoms with van der Waals surface area (Å²) in [5.41, 5.74) is 2.55. The van der Waals surface area contributed by atoms with Gasteiger partial charge in [0.25, 0.3) is 0 Å². The van der Waals surface area contributed by atoms with Crippen molar-refractivity contribution in [3.8, 4) is 17.3 Å². The summed E-state index contributed by atoms with van der Waals surface area (Å²) in [6.07, 6.45) is 3.39. The maximum Gasteiger partial charge on any atom is 0.410 e. The Morgan fingerprint density at radius 1 is 1.31 bits per heavy atom. The molecule has 10 heteroatoms. The molecular weight excluding hydrogens is 374 g/mol. The van der Waals surface area contributed by atoms with Crippen LogP contribution < -0.4 is 4.74 Å². The van der Waals surface area contributed by atoms with E-state index in [1.807, 2.05) is 39.3 Å². The predicted octanol–water partition coefficient (Wildman–Crippen LogP) is 2.45. The van der Waals surface area contributed by atoms with E-state index in [0.29, 0.717) is 36.6 Å². The molecule has 0 spiro atoms. The second kappa shape index (κ2) is 7.02. The second-order valence-corrected chi connectivity index (χ2v) is 8.21. The number of carbonyl (C=O) groups is 1. The lowest BCUT2D eigenvalue weighted by molar-refractivity contribution is 0.0275. The van der Waals surface area contributed by atoms with E-state index in [0.717, 1.165) is 17.1 Å². The number of aryl methyl sites for hydroxylation is 2. The number of aromatic nitrogens is 6. The van der Waals surface area contributed by atoms with E-state index in [4.69, 9.17) is 14.5 Å². The summed E-state index contributed by atoms with van der Waals surface area (Å²) in [6, 6.07) is 0. The molecule has 3 aromatic heterocycles. The van der Waals surface area contributed by atoms with E-state index in [1.165, 1.54) is 6.33 Å². The van der Waals surface area contributed by atoms with Crippen LogP contribution in [0.1, 0.15) is 32.9 Å². The SMILES string of the molecule is Cc1[nH]ncc1-c1nc2c(O[C@H]3CCN(C(=O)OC(C)(C)C)C3)ncnc2n1C. The molecule has 1 N–H and O–H groups in total. The highest BCUT2D eigenvalue weighted by Crippen LogP contribution is 2.29. The predicted molar refractivity (Wildman–Crippen MR) is 105 cm³/mol. The number of nitrogens with one attached hydrogen (secondary N) is 1. The minimum Gasteiger partial charge on any atom is -0.471 e. The summed E-state index contributed by atoms with van der Waals surface area (Å²) in [5.74, 6) is 1.15. The van der Waals surface area contributed by atoms with Crippen LogP contribution in [0.15, 0.2) is 12.5 Å². The average Bonchev–Trinajstić information content (AvgIpc) is 3.34. The van der Waals surface area contributed by atoms with Crippen molar-refractivity contribution in [1.82, 2.24) is 34.6 Å². The molecule has 0 unspecified atom stereocenters. The molecule has 1 saturated heterocycles. The number of fused-ring (bicyclic) bond motifs is 1. The maximum atomic E-state index is 12.3. The van der Waals surface area contributed by atoms with Crippen LogP contribution >= 0.6 is 0 Å². The largest absolute Gasteiger partial charge is 0.471 e. The highest BCUT2D eigenvalue weighted by molar-refractivity contribution is 5.81. The first kappa shape index (κ1) is 19.2.